The maximum atomic E-state index is 13.0. The van der Waals surface area contributed by atoms with Crippen molar-refractivity contribution in [2.24, 2.45) is 0 Å². The minimum absolute atomic E-state index is 0.0297. The lowest BCUT2D eigenvalue weighted by Crippen LogP contribution is -2.36. The van der Waals surface area contributed by atoms with Gasteiger partial charge < -0.3 is 9.80 Å². The van der Waals surface area contributed by atoms with Crippen LogP contribution in [0, 0.1) is 0 Å². The quantitative estimate of drug-likeness (QED) is 0.658. The van der Waals surface area contributed by atoms with Gasteiger partial charge in [-0.15, -0.1) is 0 Å². The number of carbonyl (C=O) groups excluding carboxylic acids is 1. The van der Waals surface area contributed by atoms with Crippen LogP contribution in [0.2, 0.25) is 0 Å². The third-order valence-corrected chi connectivity index (χ3v) is 4.05. The number of amides is 1. The average molecular weight is 349 g/mol. The summed E-state index contributed by atoms with van der Waals surface area (Å²) in [4.78, 5) is 21.1. The Bertz CT molecular complexity index is 830. The summed E-state index contributed by atoms with van der Waals surface area (Å²) in [5, 5.41) is 4.34. The van der Waals surface area contributed by atoms with Gasteiger partial charge in [0, 0.05) is 38.2 Å². The molecular formula is C20H23N5O. The Labute approximate surface area is 153 Å². The van der Waals surface area contributed by atoms with Crippen LogP contribution in [0.1, 0.15) is 15.9 Å². The summed E-state index contributed by atoms with van der Waals surface area (Å²) >= 11 is 0. The molecule has 3 aromatic rings. The number of para-hydroxylation sites is 1. The number of rotatable bonds is 7. The molecule has 0 atom stereocenters. The predicted molar refractivity (Wildman–Crippen MR) is 101 cm³/mol. The minimum atomic E-state index is -0.0297. The number of hydrogen-bond donors (Lipinski definition) is 0. The second kappa shape index (κ2) is 8.40. The van der Waals surface area contributed by atoms with E-state index in [-0.39, 0.29) is 5.91 Å². The Kier molecular flexibility index (Phi) is 5.76. The summed E-state index contributed by atoms with van der Waals surface area (Å²) in [5.74, 6) is -0.0297. The Balaban J connectivity index is 1.79. The Morgan fingerprint density at radius 2 is 1.85 bits per heavy atom. The molecule has 26 heavy (non-hydrogen) atoms. The van der Waals surface area contributed by atoms with Gasteiger partial charge in [0.15, 0.2) is 0 Å². The average Bonchev–Trinajstić information content (AvgIpc) is 3.16. The van der Waals surface area contributed by atoms with Crippen molar-refractivity contribution < 1.29 is 4.79 Å². The van der Waals surface area contributed by atoms with Gasteiger partial charge in [-0.3, -0.25) is 9.78 Å². The van der Waals surface area contributed by atoms with E-state index in [9.17, 15) is 4.79 Å². The van der Waals surface area contributed by atoms with E-state index in [4.69, 9.17) is 0 Å². The molecule has 0 aliphatic rings. The zero-order valence-corrected chi connectivity index (χ0v) is 15.1. The van der Waals surface area contributed by atoms with Crippen molar-refractivity contribution in [3.05, 3.63) is 78.4 Å². The van der Waals surface area contributed by atoms with Crippen LogP contribution in [0.15, 0.2) is 67.3 Å². The molecule has 134 valence electrons. The van der Waals surface area contributed by atoms with Crippen molar-refractivity contribution in [1.82, 2.24) is 24.6 Å². The van der Waals surface area contributed by atoms with Crippen LogP contribution in [0.4, 0.5) is 0 Å². The summed E-state index contributed by atoms with van der Waals surface area (Å²) in [6, 6.07) is 13.6. The van der Waals surface area contributed by atoms with Gasteiger partial charge in [-0.2, -0.15) is 5.10 Å². The van der Waals surface area contributed by atoms with Crippen molar-refractivity contribution in [2.45, 2.75) is 6.54 Å². The summed E-state index contributed by atoms with van der Waals surface area (Å²) in [5.41, 5.74) is 2.52. The fourth-order valence-corrected chi connectivity index (χ4v) is 2.62. The number of pyridine rings is 1. The molecule has 1 aromatic carbocycles. The van der Waals surface area contributed by atoms with Crippen molar-refractivity contribution in [3.8, 4) is 5.69 Å². The smallest absolute Gasteiger partial charge is 0.257 e. The van der Waals surface area contributed by atoms with E-state index in [0.29, 0.717) is 18.7 Å². The van der Waals surface area contributed by atoms with Crippen molar-refractivity contribution in [2.75, 3.05) is 27.2 Å². The molecule has 0 radical (unpaired) electrons. The largest absolute Gasteiger partial charge is 0.333 e. The Morgan fingerprint density at radius 3 is 2.54 bits per heavy atom. The number of likely N-dealkylation sites (N-methyl/N-ethyl adjacent to an activating group) is 1. The molecule has 0 aliphatic carbocycles. The van der Waals surface area contributed by atoms with Crippen LogP contribution >= 0.6 is 0 Å². The van der Waals surface area contributed by atoms with E-state index < -0.39 is 0 Å². The second-order valence-corrected chi connectivity index (χ2v) is 6.40. The monoisotopic (exact) mass is 349 g/mol. The topological polar surface area (TPSA) is 54.3 Å². The van der Waals surface area contributed by atoms with Gasteiger partial charge in [0.05, 0.1) is 17.4 Å². The summed E-state index contributed by atoms with van der Waals surface area (Å²) < 4.78 is 1.72. The van der Waals surface area contributed by atoms with Crippen molar-refractivity contribution in [3.63, 3.8) is 0 Å². The van der Waals surface area contributed by atoms with Crippen molar-refractivity contribution in [1.29, 1.82) is 0 Å². The van der Waals surface area contributed by atoms with Crippen LogP contribution in [-0.2, 0) is 6.54 Å². The fraction of sp³-hybridized carbons (Fsp3) is 0.250. The van der Waals surface area contributed by atoms with Crippen LogP contribution in [0.5, 0.6) is 0 Å². The molecule has 6 heteroatoms. The highest BCUT2D eigenvalue weighted by Crippen LogP contribution is 2.12. The first-order valence-corrected chi connectivity index (χ1v) is 8.56. The van der Waals surface area contributed by atoms with E-state index in [0.717, 1.165) is 17.8 Å². The molecule has 6 nitrogen and oxygen atoms in total. The van der Waals surface area contributed by atoms with E-state index >= 15 is 0 Å². The molecule has 2 aromatic heterocycles. The number of hydrogen-bond acceptors (Lipinski definition) is 4. The highest BCUT2D eigenvalue weighted by molar-refractivity contribution is 5.93. The Hall–Kier alpha value is -2.99. The predicted octanol–water partition coefficient (Wildman–Crippen LogP) is 2.47. The molecular weight excluding hydrogens is 326 g/mol. The summed E-state index contributed by atoms with van der Waals surface area (Å²) in [6.07, 6.45) is 6.94. The molecule has 0 fully saturated rings. The molecule has 0 bridgehead atoms. The molecule has 0 spiro atoms. The lowest BCUT2D eigenvalue weighted by molar-refractivity contribution is 0.0732. The zero-order chi connectivity index (χ0) is 18.4. The normalized spacial score (nSPS) is 10.9. The molecule has 0 aliphatic heterocycles. The number of carbonyl (C=O) groups is 1. The standard InChI is InChI=1S/C20H23N5O/c1-23(2)11-12-24(15-17-7-6-10-21-13-17)20(26)18-14-22-25(16-18)19-8-4-3-5-9-19/h3-10,13-14,16H,11-12,15H2,1-2H3. The third kappa shape index (κ3) is 4.55. The Morgan fingerprint density at radius 1 is 1.04 bits per heavy atom. The molecule has 3 rings (SSSR count). The lowest BCUT2D eigenvalue weighted by atomic mass is 10.2. The first-order chi connectivity index (χ1) is 12.6. The lowest BCUT2D eigenvalue weighted by Gasteiger charge is -2.24. The van der Waals surface area contributed by atoms with Gasteiger partial charge in [-0.25, -0.2) is 4.68 Å². The number of nitrogens with zero attached hydrogens (tertiary/aromatic N) is 5. The van der Waals surface area contributed by atoms with Gasteiger partial charge in [0.2, 0.25) is 0 Å². The third-order valence-electron chi connectivity index (χ3n) is 4.05. The molecule has 0 saturated heterocycles. The molecule has 1 amide bonds. The molecule has 0 saturated carbocycles. The van der Waals surface area contributed by atoms with Gasteiger partial charge in [-0.05, 0) is 37.9 Å². The van der Waals surface area contributed by atoms with E-state index in [1.54, 1.807) is 29.5 Å². The maximum Gasteiger partial charge on any atom is 0.257 e. The number of aromatic nitrogens is 3. The van der Waals surface area contributed by atoms with Crippen LogP contribution in [0.25, 0.3) is 5.69 Å². The second-order valence-electron chi connectivity index (χ2n) is 6.40. The highest BCUT2D eigenvalue weighted by atomic mass is 16.2. The van der Waals surface area contributed by atoms with Gasteiger partial charge in [0.1, 0.15) is 0 Å². The van der Waals surface area contributed by atoms with Crippen LogP contribution in [0.3, 0.4) is 0 Å². The maximum absolute atomic E-state index is 13.0. The van der Waals surface area contributed by atoms with Gasteiger partial charge >= 0.3 is 0 Å². The SMILES string of the molecule is CN(C)CCN(Cc1cccnc1)C(=O)c1cnn(-c2ccccc2)c1. The first kappa shape index (κ1) is 17.8. The molecule has 0 N–H and O–H groups in total. The highest BCUT2D eigenvalue weighted by Gasteiger charge is 2.18. The van der Waals surface area contributed by atoms with E-state index in [2.05, 4.69) is 15.0 Å². The van der Waals surface area contributed by atoms with Gasteiger partial charge in [0.25, 0.3) is 5.91 Å². The van der Waals surface area contributed by atoms with Crippen molar-refractivity contribution >= 4 is 5.91 Å². The number of benzene rings is 1. The van der Waals surface area contributed by atoms with E-state index in [1.807, 2.05) is 61.5 Å². The molecule has 2 heterocycles. The summed E-state index contributed by atoms with van der Waals surface area (Å²) in [6.45, 7) is 1.95. The fourth-order valence-electron chi connectivity index (χ4n) is 2.62. The van der Waals surface area contributed by atoms with Gasteiger partial charge in [-0.1, -0.05) is 24.3 Å². The molecule has 0 unspecified atom stereocenters. The van der Waals surface area contributed by atoms with Crippen LogP contribution in [-0.4, -0.2) is 57.7 Å². The first-order valence-electron chi connectivity index (χ1n) is 8.56. The zero-order valence-electron chi connectivity index (χ0n) is 15.1. The minimum Gasteiger partial charge on any atom is -0.333 e. The summed E-state index contributed by atoms with van der Waals surface area (Å²) in [7, 11) is 4.00. The van der Waals surface area contributed by atoms with Crippen LogP contribution < -0.4 is 0 Å². The van der Waals surface area contributed by atoms with E-state index in [1.165, 1.54) is 0 Å².